The third-order valence-corrected chi connectivity index (χ3v) is 16.6. The van der Waals surface area contributed by atoms with Gasteiger partial charge in [0.25, 0.3) is 0 Å². The number of hydrogen-bond acceptors (Lipinski definition) is 11. The molecule has 6 saturated heterocycles. The first-order chi connectivity index (χ1) is 25.5. The smallest absolute Gasteiger partial charge is 0.310 e. The molecule has 1 N–H and O–H groups in total. The highest BCUT2D eigenvalue weighted by Gasteiger charge is 2.76. The summed E-state index contributed by atoms with van der Waals surface area (Å²) in [6, 6.07) is 4.49. The number of rotatable bonds is 4. The fourth-order valence-corrected chi connectivity index (χ4v) is 14.6. The lowest BCUT2D eigenvalue weighted by molar-refractivity contribution is -0.232. The van der Waals surface area contributed by atoms with Crippen molar-refractivity contribution in [2.75, 3.05) is 59.0 Å². The predicted octanol–water partition coefficient (Wildman–Crippen LogP) is 3.29. The van der Waals surface area contributed by atoms with E-state index < -0.39 is 39.8 Å². The molecule has 11 nitrogen and oxygen atoms in total. The minimum atomic E-state index is -0.636. The minimum Gasteiger partial charge on any atom is -0.496 e. The van der Waals surface area contributed by atoms with Crippen LogP contribution in [0.3, 0.4) is 0 Å². The number of likely N-dealkylation sites (N-methyl/N-ethyl adjacent to an activating group) is 1. The van der Waals surface area contributed by atoms with Gasteiger partial charge < -0.3 is 24.2 Å². The van der Waals surface area contributed by atoms with Crippen molar-refractivity contribution in [1.82, 2.24) is 9.80 Å². The zero-order valence-electron chi connectivity index (χ0n) is 31.2. The Hall–Kier alpha value is -3.80. The first-order valence-electron chi connectivity index (χ1n) is 19.6. The van der Waals surface area contributed by atoms with Crippen LogP contribution in [-0.4, -0.2) is 116 Å². The summed E-state index contributed by atoms with van der Waals surface area (Å²) in [7, 11) is 5.25. The lowest BCUT2D eigenvalue weighted by Crippen LogP contribution is -2.79. The van der Waals surface area contributed by atoms with Gasteiger partial charge in [-0.2, -0.15) is 0 Å². The van der Waals surface area contributed by atoms with E-state index in [0.29, 0.717) is 16.9 Å². The number of esters is 2. The molecule has 8 aliphatic heterocycles. The molecular weight excluding hydrogens is 672 g/mol. The van der Waals surface area contributed by atoms with Crippen LogP contribution in [0, 0.1) is 34.5 Å². The molecule has 1 aromatic rings. The Balaban J connectivity index is 1.07. The van der Waals surface area contributed by atoms with Crippen molar-refractivity contribution in [2.45, 2.75) is 75.2 Å². The number of benzene rings is 1. The van der Waals surface area contributed by atoms with E-state index in [1.807, 2.05) is 13.0 Å². The van der Waals surface area contributed by atoms with E-state index >= 15 is 0 Å². The molecule has 1 aromatic carbocycles. The number of carbonyl (C=O) groups excluding carboxylic acids is 3. The number of hydrogen-bond donors (Lipinski definition) is 1. The fourth-order valence-electron chi connectivity index (χ4n) is 14.6. The maximum Gasteiger partial charge on any atom is 0.310 e. The van der Waals surface area contributed by atoms with Gasteiger partial charge in [0.15, 0.2) is 5.78 Å². The van der Waals surface area contributed by atoms with Gasteiger partial charge in [-0.3, -0.25) is 29.2 Å². The van der Waals surface area contributed by atoms with E-state index in [-0.39, 0.29) is 48.2 Å². The third-order valence-electron chi connectivity index (χ3n) is 16.6. The first-order valence-corrected chi connectivity index (χ1v) is 19.6. The summed E-state index contributed by atoms with van der Waals surface area (Å²) in [6.07, 6.45) is 9.34. The minimum absolute atomic E-state index is 0.00209. The predicted molar refractivity (Wildman–Crippen MR) is 195 cm³/mol. The zero-order valence-corrected chi connectivity index (χ0v) is 31.2. The van der Waals surface area contributed by atoms with Crippen molar-refractivity contribution in [1.29, 1.82) is 0 Å². The molecule has 12 atom stereocenters. The Morgan fingerprint density at radius 3 is 2.74 bits per heavy atom. The largest absolute Gasteiger partial charge is 0.496 e. The van der Waals surface area contributed by atoms with E-state index in [2.05, 4.69) is 46.9 Å². The van der Waals surface area contributed by atoms with Crippen molar-refractivity contribution in [3.05, 3.63) is 52.6 Å². The van der Waals surface area contributed by atoms with E-state index in [1.54, 1.807) is 13.2 Å². The number of cyclic esters (lactones) is 1. The monoisotopic (exact) mass is 720 g/mol. The molecule has 7 bridgehead atoms. The topological polar surface area (TPSA) is 121 Å². The average Bonchev–Trinajstić information content (AvgIpc) is 3.65. The number of fused-ring (bicyclic) bond motifs is 4. The second-order valence-corrected chi connectivity index (χ2v) is 17.7. The Bertz CT molecular complexity index is 2070. The number of aliphatic hydroxyl groups is 1. The summed E-state index contributed by atoms with van der Waals surface area (Å²) < 4.78 is 17.7. The highest BCUT2D eigenvalue weighted by Crippen LogP contribution is 2.71. The molecule has 11 aliphatic rings. The van der Waals surface area contributed by atoms with E-state index in [0.717, 1.165) is 80.8 Å². The molecule has 278 valence electrons. The van der Waals surface area contributed by atoms with E-state index in [4.69, 9.17) is 19.2 Å². The SMILES string of the molecule is CC=C1CN2CC[C@@]34C5=CC(=O)C(c6cc7c(cc6OC)N(C)[C@H]6C8C[C@H]9C%10C(=O)OC[C@]9([C@H](C)O)CN8CC[C@]7%106)=CC5=N[C@@]23CC[C@H]1C4C(=O)OC. The number of piperidine rings is 2. The molecule has 3 aliphatic carbocycles. The molecular formula is C42H48N4O7. The number of nitrogens with zero attached hydrogens (tertiary/aromatic N) is 4. The van der Waals surface area contributed by atoms with Crippen LogP contribution in [-0.2, 0) is 29.3 Å². The lowest BCUT2D eigenvalue weighted by Gasteiger charge is -2.69. The van der Waals surface area contributed by atoms with Gasteiger partial charge in [-0.1, -0.05) is 11.6 Å². The number of ether oxygens (including phenoxy) is 3. The van der Waals surface area contributed by atoms with Crippen LogP contribution < -0.4 is 9.64 Å². The summed E-state index contributed by atoms with van der Waals surface area (Å²) in [4.78, 5) is 55.6. The van der Waals surface area contributed by atoms with Crippen LogP contribution >= 0.6 is 0 Å². The Labute approximate surface area is 309 Å². The van der Waals surface area contributed by atoms with Crippen LogP contribution in [0.25, 0.3) is 5.57 Å². The molecule has 11 heteroatoms. The Morgan fingerprint density at radius 2 is 1.98 bits per heavy atom. The standard InChI is InChI=1S/C42H48N4O7/c1-6-22-18-46-12-10-41-26-16-32(48)24(14-29(26)43-42(41,46)8-7-23(22)34(41)37(49)52-5)25-13-27-30(17-33(25)51-4)44(3)36-31-15-28-35-38(50)53-20-39(28,21(2)47)19-45(31)11-9-40(27,35)36/h6,13-14,16-17,21,23,28,31,34-36,47H,7-12,15,18-20H2,1-5H3/t21-,23+,28-,31?,34?,35?,36-,39-,40-,41-,42-/m0/s1. The van der Waals surface area contributed by atoms with Crippen molar-refractivity contribution in [2.24, 2.45) is 39.5 Å². The summed E-state index contributed by atoms with van der Waals surface area (Å²) in [5, 5.41) is 11.3. The molecule has 0 aromatic heterocycles. The van der Waals surface area contributed by atoms with Gasteiger partial charge in [0.1, 0.15) is 18.0 Å². The summed E-state index contributed by atoms with van der Waals surface area (Å²) >= 11 is 0. The zero-order chi connectivity index (χ0) is 36.6. The van der Waals surface area contributed by atoms with Gasteiger partial charge in [0.05, 0.1) is 49.3 Å². The number of methoxy groups -OCH3 is 2. The van der Waals surface area contributed by atoms with Gasteiger partial charge in [0, 0.05) is 66.4 Å². The number of anilines is 1. The van der Waals surface area contributed by atoms with Gasteiger partial charge in [-0.05, 0) is 93.7 Å². The van der Waals surface area contributed by atoms with Gasteiger partial charge in [0.2, 0.25) is 0 Å². The summed E-state index contributed by atoms with van der Waals surface area (Å²) in [6.45, 7) is 7.30. The number of ketones is 1. The quantitative estimate of drug-likeness (QED) is 0.282. The van der Waals surface area contributed by atoms with Crippen LogP contribution in [0.4, 0.5) is 5.69 Å². The van der Waals surface area contributed by atoms with Crippen LogP contribution in [0.2, 0.25) is 0 Å². The number of allylic oxidation sites excluding steroid dienone is 4. The molecule has 4 unspecified atom stereocenters. The van der Waals surface area contributed by atoms with Crippen molar-refractivity contribution < 1.29 is 33.7 Å². The normalized spacial score (nSPS) is 45.0. The Morgan fingerprint density at radius 1 is 1.15 bits per heavy atom. The highest BCUT2D eigenvalue weighted by molar-refractivity contribution is 6.37. The van der Waals surface area contributed by atoms with Crippen molar-refractivity contribution in [3.8, 4) is 5.75 Å². The van der Waals surface area contributed by atoms with E-state index in [9.17, 15) is 19.5 Å². The molecule has 12 rings (SSSR count). The van der Waals surface area contributed by atoms with Crippen LogP contribution in [0.15, 0.2) is 46.5 Å². The molecule has 2 saturated carbocycles. The number of aliphatic imine (C=N–C) groups is 1. The average molecular weight is 721 g/mol. The summed E-state index contributed by atoms with van der Waals surface area (Å²) in [5.74, 6) is -0.684. The van der Waals surface area contributed by atoms with Crippen molar-refractivity contribution >= 4 is 34.7 Å². The molecule has 8 fully saturated rings. The van der Waals surface area contributed by atoms with Gasteiger partial charge in [-0.25, -0.2) is 0 Å². The van der Waals surface area contributed by atoms with Crippen molar-refractivity contribution in [3.63, 3.8) is 0 Å². The number of carbonyl (C=O) groups is 3. The Kier molecular flexibility index (Phi) is 6.33. The maximum atomic E-state index is 14.7. The second kappa shape index (κ2) is 10.3. The summed E-state index contributed by atoms with van der Waals surface area (Å²) in [5.41, 5.74) is 3.91. The lowest BCUT2D eigenvalue weighted by atomic mass is 9.44. The first kappa shape index (κ1) is 32.6. The molecule has 53 heavy (non-hydrogen) atoms. The van der Waals surface area contributed by atoms with Gasteiger partial charge in [-0.15, -0.1) is 0 Å². The maximum absolute atomic E-state index is 14.7. The number of aliphatic hydroxyl groups excluding tert-OH is 1. The third kappa shape index (κ3) is 3.43. The van der Waals surface area contributed by atoms with Gasteiger partial charge >= 0.3 is 11.9 Å². The fraction of sp³-hybridized carbons (Fsp3) is 0.619. The van der Waals surface area contributed by atoms with Crippen LogP contribution in [0.5, 0.6) is 5.75 Å². The second-order valence-electron chi connectivity index (χ2n) is 17.7. The molecule has 1 spiro atoms. The molecule has 0 radical (unpaired) electrons. The van der Waals surface area contributed by atoms with E-state index in [1.165, 1.54) is 12.7 Å². The highest BCUT2D eigenvalue weighted by atomic mass is 16.5. The molecule has 0 amide bonds. The molecule has 8 heterocycles. The van der Waals surface area contributed by atoms with Crippen LogP contribution in [0.1, 0.15) is 57.1 Å².